The molecule has 0 aliphatic rings. The summed E-state index contributed by atoms with van der Waals surface area (Å²) in [5.41, 5.74) is 2.25. The lowest BCUT2D eigenvalue weighted by Crippen LogP contribution is -2.12. The van der Waals surface area contributed by atoms with Gasteiger partial charge in [0.1, 0.15) is 0 Å². The van der Waals surface area contributed by atoms with E-state index in [1.54, 1.807) is 0 Å². The Morgan fingerprint density at radius 2 is 2.24 bits per heavy atom. The first-order chi connectivity index (χ1) is 8.28. The van der Waals surface area contributed by atoms with E-state index < -0.39 is 0 Å². The van der Waals surface area contributed by atoms with Crippen molar-refractivity contribution in [1.29, 1.82) is 0 Å². The maximum absolute atomic E-state index is 4.43. The van der Waals surface area contributed by atoms with Gasteiger partial charge in [0, 0.05) is 18.9 Å². The highest BCUT2D eigenvalue weighted by Gasteiger charge is 1.99. The van der Waals surface area contributed by atoms with Crippen LogP contribution in [0.4, 0.5) is 0 Å². The molecule has 1 N–H and O–H groups in total. The molecule has 0 unspecified atom stereocenters. The molecule has 0 radical (unpaired) electrons. The van der Waals surface area contributed by atoms with Crippen LogP contribution in [0.1, 0.15) is 18.2 Å². The second-order valence-electron chi connectivity index (χ2n) is 3.79. The van der Waals surface area contributed by atoms with Gasteiger partial charge in [0.2, 0.25) is 0 Å². The molecule has 4 nitrogen and oxygen atoms in total. The van der Waals surface area contributed by atoms with Crippen LogP contribution in [0, 0.1) is 3.57 Å². The van der Waals surface area contributed by atoms with Gasteiger partial charge < -0.3 is 5.32 Å². The van der Waals surface area contributed by atoms with Crippen molar-refractivity contribution in [3.8, 4) is 0 Å². The zero-order chi connectivity index (χ0) is 12.1. The first-order valence-corrected chi connectivity index (χ1v) is 6.68. The predicted molar refractivity (Wildman–Crippen MR) is 75.7 cm³/mol. The highest BCUT2D eigenvalue weighted by Crippen LogP contribution is 2.05. The van der Waals surface area contributed by atoms with Crippen molar-refractivity contribution in [2.75, 3.05) is 6.54 Å². The molecule has 0 fully saturated rings. The van der Waals surface area contributed by atoms with Crippen LogP contribution in [-0.4, -0.2) is 21.3 Å². The molecular formula is C12H15IN4. The topological polar surface area (TPSA) is 42.7 Å². The number of aromatic nitrogens is 3. The number of hydrogen-bond donors (Lipinski definition) is 1. The van der Waals surface area contributed by atoms with Crippen molar-refractivity contribution >= 4 is 22.6 Å². The Hall–Kier alpha value is -0.950. The van der Waals surface area contributed by atoms with E-state index >= 15 is 0 Å². The molecule has 2 aromatic rings. The minimum absolute atomic E-state index is 0.727. The van der Waals surface area contributed by atoms with Gasteiger partial charge in [-0.2, -0.15) is 5.10 Å². The average Bonchev–Trinajstić information content (AvgIpc) is 2.74. The van der Waals surface area contributed by atoms with Crippen LogP contribution in [-0.2, 0) is 13.1 Å². The summed E-state index contributed by atoms with van der Waals surface area (Å²) in [7, 11) is 0. The number of hydrogen-bond acceptors (Lipinski definition) is 3. The number of nitrogens with zero attached hydrogens (tertiary/aromatic N) is 3. The second kappa shape index (κ2) is 6.11. The van der Waals surface area contributed by atoms with Crippen molar-refractivity contribution in [3.63, 3.8) is 0 Å². The van der Waals surface area contributed by atoms with Gasteiger partial charge >= 0.3 is 0 Å². The summed E-state index contributed by atoms with van der Waals surface area (Å²) >= 11 is 2.25. The van der Waals surface area contributed by atoms with Gasteiger partial charge in [0.05, 0.1) is 22.0 Å². The molecular weight excluding hydrogens is 327 g/mol. The monoisotopic (exact) mass is 342 g/mol. The summed E-state index contributed by atoms with van der Waals surface area (Å²) in [4.78, 5) is 4.43. The summed E-state index contributed by atoms with van der Waals surface area (Å²) in [6.07, 6.45) is 5.78. The highest BCUT2D eigenvalue weighted by atomic mass is 127. The molecule has 0 aromatic carbocycles. The van der Waals surface area contributed by atoms with Crippen molar-refractivity contribution in [2.45, 2.75) is 20.0 Å². The average molecular weight is 342 g/mol. The van der Waals surface area contributed by atoms with Crippen molar-refractivity contribution in [3.05, 3.63) is 45.6 Å². The van der Waals surface area contributed by atoms with E-state index in [-0.39, 0.29) is 0 Å². The molecule has 0 saturated heterocycles. The molecule has 0 aliphatic carbocycles. The van der Waals surface area contributed by atoms with Crippen LogP contribution in [0.3, 0.4) is 0 Å². The first-order valence-electron chi connectivity index (χ1n) is 5.60. The summed E-state index contributed by atoms with van der Waals surface area (Å²) in [6, 6.07) is 4.17. The predicted octanol–water partition coefficient (Wildman–Crippen LogP) is 2.04. The minimum atomic E-state index is 0.727. The Kier molecular flexibility index (Phi) is 4.49. The fraction of sp³-hybridized carbons (Fsp3) is 0.333. The molecule has 0 aliphatic heterocycles. The lowest BCUT2D eigenvalue weighted by atomic mass is 10.2. The quantitative estimate of drug-likeness (QED) is 0.846. The van der Waals surface area contributed by atoms with Crippen LogP contribution >= 0.6 is 22.6 Å². The fourth-order valence-corrected chi connectivity index (χ4v) is 1.96. The van der Waals surface area contributed by atoms with Gasteiger partial charge in [0.25, 0.3) is 0 Å². The standard InChI is InChI=1S/C12H15IN4/c1-2-14-5-10-3-4-12(15-6-10)9-17-8-11(13)7-16-17/h3-4,6-8,14H,2,5,9H2,1H3. The van der Waals surface area contributed by atoms with Crippen LogP contribution in [0.2, 0.25) is 0 Å². The third kappa shape index (κ3) is 3.78. The van der Waals surface area contributed by atoms with E-state index in [0.717, 1.165) is 28.9 Å². The number of rotatable bonds is 5. The van der Waals surface area contributed by atoms with E-state index in [1.165, 1.54) is 5.56 Å². The molecule has 0 spiro atoms. The number of nitrogens with one attached hydrogen (secondary N) is 1. The number of halogens is 1. The van der Waals surface area contributed by atoms with Gasteiger partial charge in [-0.05, 0) is 40.8 Å². The SMILES string of the molecule is CCNCc1ccc(Cn2cc(I)cn2)nc1. The minimum Gasteiger partial charge on any atom is -0.313 e. The maximum Gasteiger partial charge on any atom is 0.0831 e. The van der Waals surface area contributed by atoms with Gasteiger partial charge in [-0.1, -0.05) is 13.0 Å². The Morgan fingerprint density at radius 3 is 2.82 bits per heavy atom. The van der Waals surface area contributed by atoms with Crippen molar-refractivity contribution in [2.24, 2.45) is 0 Å². The molecule has 17 heavy (non-hydrogen) atoms. The first kappa shape index (κ1) is 12.5. The van der Waals surface area contributed by atoms with Gasteiger partial charge in [-0.3, -0.25) is 9.67 Å². The largest absolute Gasteiger partial charge is 0.313 e. The summed E-state index contributed by atoms with van der Waals surface area (Å²) in [6.45, 7) is 4.68. The van der Waals surface area contributed by atoms with Crippen LogP contribution in [0.15, 0.2) is 30.7 Å². The lowest BCUT2D eigenvalue weighted by Gasteiger charge is -2.04. The van der Waals surface area contributed by atoms with E-state index in [2.05, 4.69) is 57.0 Å². The van der Waals surface area contributed by atoms with Gasteiger partial charge in [-0.25, -0.2) is 0 Å². The third-order valence-corrected chi connectivity index (χ3v) is 2.95. The zero-order valence-corrected chi connectivity index (χ0v) is 11.9. The molecule has 90 valence electrons. The van der Waals surface area contributed by atoms with E-state index in [0.29, 0.717) is 0 Å². The van der Waals surface area contributed by atoms with E-state index in [1.807, 2.05) is 23.3 Å². The molecule has 2 heterocycles. The second-order valence-corrected chi connectivity index (χ2v) is 5.04. The molecule has 0 amide bonds. The van der Waals surface area contributed by atoms with Crippen molar-refractivity contribution in [1.82, 2.24) is 20.1 Å². The highest BCUT2D eigenvalue weighted by molar-refractivity contribution is 14.1. The molecule has 2 rings (SSSR count). The lowest BCUT2D eigenvalue weighted by molar-refractivity contribution is 0.669. The van der Waals surface area contributed by atoms with E-state index in [4.69, 9.17) is 0 Å². The van der Waals surface area contributed by atoms with Gasteiger partial charge in [-0.15, -0.1) is 0 Å². The molecule has 0 saturated carbocycles. The number of pyridine rings is 1. The Balaban J connectivity index is 1.98. The Morgan fingerprint density at radius 1 is 1.35 bits per heavy atom. The van der Waals surface area contributed by atoms with Gasteiger partial charge in [0.15, 0.2) is 0 Å². The fourth-order valence-electron chi connectivity index (χ4n) is 1.51. The van der Waals surface area contributed by atoms with Crippen LogP contribution in [0.25, 0.3) is 0 Å². The zero-order valence-electron chi connectivity index (χ0n) is 9.73. The maximum atomic E-state index is 4.43. The molecule has 0 bridgehead atoms. The van der Waals surface area contributed by atoms with Crippen molar-refractivity contribution < 1.29 is 0 Å². The van der Waals surface area contributed by atoms with Crippen LogP contribution in [0.5, 0.6) is 0 Å². The molecule has 2 aromatic heterocycles. The Labute approximate surface area is 115 Å². The summed E-state index contributed by atoms with van der Waals surface area (Å²) in [5.74, 6) is 0. The van der Waals surface area contributed by atoms with Crippen LogP contribution < -0.4 is 5.32 Å². The molecule has 5 heteroatoms. The Bertz CT molecular complexity index is 464. The normalized spacial score (nSPS) is 10.7. The summed E-state index contributed by atoms with van der Waals surface area (Å²) in [5, 5.41) is 7.52. The smallest absolute Gasteiger partial charge is 0.0831 e. The third-order valence-electron chi connectivity index (χ3n) is 2.39. The van der Waals surface area contributed by atoms with E-state index in [9.17, 15) is 0 Å². The summed E-state index contributed by atoms with van der Waals surface area (Å²) < 4.78 is 3.04. The molecule has 0 atom stereocenters.